The Morgan fingerprint density at radius 3 is 0.598 bits per heavy atom. The zero-order chi connectivity index (χ0) is 87.0. The van der Waals surface area contributed by atoms with Gasteiger partial charge in [-0.15, -0.1) is 0 Å². The highest BCUT2D eigenvalue weighted by Gasteiger charge is 2.90. The van der Waals surface area contributed by atoms with E-state index in [1.165, 1.54) is 20.8 Å². The number of rotatable bonds is 91. The van der Waals surface area contributed by atoms with Crippen LogP contribution in [0.2, 0.25) is 0 Å². The third kappa shape index (κ3) is 65.5. The molecular formula is C80H147F13O24. The summed E-state index contributed by atoms with van der Waals surface area (Å²) in [6, 6.07) is 0. The molecule has 0 aliphatic heterocycles. The zero-order valence-electron chi connectivity index (χ0n) is 71.0. The number of carbonyl (C=O) groups is 2. The molecule has 1 unspecified atom stereocenters. The fourth-order valence-electron chi connectivity index (χ4n) is 9.19. The molecule has 0 aliphatic rings. The van der Waals surface area contributed by atoms with Crippen molar-refractivity contribution in [3.8, 4) is 0 Å². The maximum absolute atomic E-state index is 13.5. The Hall–Kier alpha value is -2.77. The van der Waals surface area contributed by atoms with Gasteiger partial charge in [0.15, 0.2) is 0 Å². The third-order valence-corrected chi connectivity index (χ3v) is 16.8. The lowest BCUT2D eigenvalue weighted by Gasteiger charge is -2.39. The van der Waals surface area contributed by atoms with Gasteiger partial charge in [0.25, 0.3) is 0 Å². The highest BCUT2D eigenvalue weighted by molar-refractivity contribution is 5.75. The first-order valence-electron chi connectivity index (χ1n) is 41.9. The molecule has 0 aliphatic carbocycles. The molecular weight excluding hydrogens is 1590 g/mol. The molecule has 0 saturated heterocycles. The van der Waals surface area contributed by atoms with Crippen LogP contribution in [0.15, 0.2) is 0 Å². The van der Waals surface area contributed by atoms with Crippen LogP contribution >= 0.6 is 0 Å². The van der Waals surface area contributed by atoms with E-state index in [1.807, 2.05) is 13.8 Å². The predicted molar refractivity (Wildman–Crippen MR) is 411 cm³/mol. The summed E-state index contributed by atoms with van der Waals surface area (Å²) in [6.45, 7) is 33.6. The van der Waals surface area contributed by atoms with Gasteiger partial charge in [0, 0.05) is 271 Å². The minimum Gasteiger partial charge on any atom is -0.465 e. The summed E-state index contributed by atoms with van der Waals surface area (Å²) in [5.74, 6) is -38.6. The number of alkyl halides is 13. The van der Waals surface area contributed by atoms with E-state index < -0.39 is 60.2 Å². The SMILES string of the molecule is CCC(C)(C)C(=O)OCCC(F)(F)C(F)(F)C(F)(F)C(F)(F)C(F)(F)C(F)(F)F.CCC(C)C(=O)OCCCOCCCOCCCOCCCOCCCOCCCOCCCOCCCOCCCOCCCOCCCOCCCOCCCOCCCOCCCOCCCOCCCOCCCOCCCOCCCOC. The fourth-order valence-corrected chi connectivity index (χ4v) is 9.19. The summed E-state index contributed by atoms with van der Waals surface area (Å²) in [5, 5.41) is 0. The topological polar surface area (TPSA) is 237 Å². The van der Waals surface area contributed by atoms with Gasteiger partial charge >= 0.3 is 47.7 Å². The van der Waals surface area contributed by atoms with E-state index in [0.717, 1.165) is 168 Å². The van der Waals surface area contributed by atoms with Crippen molar-refractivity contribution in [2.45, 2.75) is 218 Å². The summed E-state index contributed by atoms with van der Waals surface area (Å²) in [7, 11) is 1.71. The molecule has 117 heavy (non-hydrogen) atoms. The van der Waals surface area contributed by atoms with E-state index in [0.29, 0.717) is 231 Å². The average molecular weight is 1740 g/mol. The Morgan fingerprint density at radius 2 is 0.427 bits per heavy atom. The quantitative estimate of drug-likeness (QED) is 0.0312. The summed E-state index contributed by atoms with van der Waals surface area (Å²) in [5.41, 5.74) is -1.33. The minimum atomic E-state index is -7.94. The normalized spacial score (nSPS) is 12.9. The molecule has 37 heteroatoms. The van der Waals surface area contributed by atoms with Gasteiger partial charge in [0.1, 0.15) is 0 Å². The molecule has 24 nitrogen and oxygen atoms in total. The van der Waals surface area contributed by atoms with Gasteiger partial charge in [0.2, 0.25) is 0 Å². The summed E-state index contributed by atoms with van der Waals surface area (Å²) in [6.07, 6.45) is 8.43. The Morgan fingerprint density at radius 1 is 0.248 bits per heavy atom. The standard InChI is InChI=1S/C66H132O22.C14H15F13O2/c1-4-65(2)66(67)88-64-24-63-87-62-23-61-86-60-22-59-85-58-21-57-84-56-20-55-83-54-19-53-82-52-18-51-81-50-17-49-80-48-16-47-79-46-15-45-78-44-14-43-77-42-13-41-76-40-12-39-75-38-11-37-74-36-10-35-73-34-9-33-72-32-8-31-71-30-7-29-70-28-6-27-69-26-5-25-68-3;1-4-8(2,3)7(28)29-6-5-9(15,16)10(17,18)11(19,20)12(21,22)13(23,24)14(25,26)27/h65H,4-64H2,1-3H3;4-6H2,1-3H3. The van der Waals surface area contributed by atoms with Gasteiger partial charge in [-0.05, 0) is 149 Å². The number of carbonyl (C=O) groups excluding carboxylic acids is 2. The molecule has 0 amide bonds. The van der Waals surface area contributed by atoms with Gasteiger partial charge in [-0.3, -0.25) is 9.59 Å². The first kappa shape index (κ1) is 116. The monoisotopic (exact) mass is 1740 g/mol. The second-order valence-corrected chi connectivity index (χ2v) is 27.8. The molecule has 702 valence electrons. The number of hydrogen-bond donors (Lipinski definition) is 0. The van der Waals surface area contributed by atoms with E-state index in [2.05, 4.69) is 4.74 Å². The maximum atomic E-state index is 13.5. The van der Waals surface area contributed by atoms with Crippen LogP contribution in [0.4, 0.5) is 57.1 Å². The van der Waals surface area contributed by atoms with Crippen molar-refractivity contribution >= 4 is 11.9 Å². The van der Waals surface area contributed by atoms with Crippen LogP contribution in [-0.4, -0.2) is 326 Å². The summed E-state index contributed by atoms with van der Waals surface area (Å²) in [4.78, 5) is 23.1. The smallest absolute Gasteiger partial charge is 0.460 e. The van der Waals surface area contributed by atoms with E-state index in [-0.39, 0.29) is 18.3 Å². The van der Waals surface area contributed by atoms with Crippen LogP contribution in [0.1, 0.15) is 182 Å². The van der Waals surface area contributed by atoms with Crippen LogP contribution in [0.5, 0.6) is 0 Å². The number of hydrogen-bond acceptors (Lipinski definition) is 24. The summed E-state index contributed by atoms with van der Waals surface area (Å²) < 4.78 is 289. The number of methoxy groups -OCH3 is 1. The summed E-state index contributed by atoms with van der Waals surface area (Å²) >= 11 is 0. The van der Waals surface area contributed by atoms with Crippen molar-refractivity contribution in [3.63, 3.8) is 0 Å². The van der Waals surface area contributed by atoms with E-state index >= 15 is 0 Å². The van der Waals surface area contributed by atoms with Crippen LogP contribution < -0.4 is 0 Å². The lowest BCUT2D eigenvalue weighted by atomic mass is 9.90. The highest BCUT2D eigenvalue weighted by atomic mass is 19.4. The first-order valence-corrected chi connectivity index (χ1v) is 41.9. The maximum Gasteiger partial charge on any atom is 0.460 e. The van der Waals surface area contributed by atoms with Crippen molar-refractivity contribution in [1.82, 2.24) is 0 Å². The molecule has 0 N–H and O–H groups in total. The van der Waals surface area contributed by atoms with Crippen LogP contribution in [0, 0.1) is 11.3 Å². The second kappa shape index (κ2) is 79.2. The minimum absolute atomic E-state index is 0.0378. The van der Waals surface area contributed by atoms with Crippen molar-refractivity contribution in [3.05, 3.63) is 0 Å². The largest absolute Gasteiger partial charge is 0.465 e. The van der Waals surface area contributed by atoms with Crippen molar-refractivity contribution in [1.29, 1.82) is 0 Å². The Bertz CT molecular complexity index is 2150. The molecule has 1 atom stereocenters. The Kier molecular flexibility index (Phi) is 78.7. The van der Waals surface area contributed by atoms with E-state index in [1.54, 1.807) is 7.11 Å². The van der Waals surface area contributed by atoms with Gasteiger partial charge in [-0.1, -0.05) is 20.8 Å². The third-order valence-electron chi connectivity index (χ3n) is 16.8. The van der Waals surface area contributed by atoms with Gasteiger partial charge in [0.05, 0.1) is 31.0 Å². The van der Waals surface area contributed by atoms with Crippen LogP contribution in [0.25, 0.3) is 0 Å². The number of ether oxygens (including phenoxy) is 22. The molecule has 0 radical (unpaired) electrons. The molecule has 0 fully saturated rings. The van der Waals surface area contributed by atoms with Crippen molar-refractivity contribution in [2.75, 3.05) is 278 Å². The predicted octanol–water partition coefficient (Wildman–Crippen LogP) is 15.4. The van der Waals surface area contributed by atoms with Gasteiger partial charge in [-0.2, -0.15) is 57.1 Å². The first-order chi connectivity index (χ1) is 56.2. The molecule has 0 rings (SSSR count). The molecule has 0 bridgehead atoms. The molecule has 0 aromatic carbocycles. The van der Waals surface area contributed by atoms with E-state index in [4.69, 9.17) is 99.5 Å². The van der Waals surface area contributed by atoms with Gasteiger partial charge in [-0.25, -0.2) is 0 Å². The molecule has 0 heterocycles. The fraction of sp³-hybridized carbons (Fsp3) is 0.975. The zero-order valence-corrected chi connectivity index (χ0v) is 71.0. The highest BCUT2D eigenvalue weighted by Crippen LogP contribution is 2.60. The lowest BCUT2D eigenvalue weighted by molar-refractivity contribution is -0.440. The van der Waals surface area contributed by atoms with Crippen LogP contribution in [-0.2, 0) is 114 Å². The average Bonchev–Trinajstić information content (AvgIpc) is 0.712. The number of halogens is 13. The Balaban J connectivity index is 0. The Labute approximate surface area is 688 Å². The van der Waals surface area contributed by atoms with Crippen LogP contribution in [0.3, 0.4) is 0 Å². The lowest BCUT2D eigenvalue weighted by Crippen LogP contribution is -2.70. The molecule has 0 aromatic rings. The number of esters is 2. The van der Waals surface area contributed by atoms with Crippen molar-refractivity contribution < 1.29 is 171 Å². The van der Waals surface area contributed by atoms with Crippen molar-refractivity contribution in [2.24, 2.45) is 11.3 Å². The molecule has 0 aromatic heterocycles. The molecule has 0 saturated carbocycles. The van der Waals surface area contributed by atoms with Gasteiger partial charge < -0.3 is 104 Å². The molecule has 0 spiro atoms. The van der Waals surface area contributed by atoms with E-state index in [9.17, 15) is 66.7 Å². The second-order valence-electron chi connectivity index (χ2n) is 27.8.